The quantitative estimate of drug-likeness (QED) is 0.569. The van der Waals surface area contributed by atoms with Crippen molar-refractivity contribution in [2.24, 2.45) is 5.84 Å². The van der Waals surface area contributed by atoms with E-state index in [9.17, 15) is 0 Å². The molecule has 0 aliphatic carbocycles. The summed E-state index contributed by atoms with van der Waals surface area (Å²) in [6.07, 6.45) is 1.88. The number of hydrogen-bond acceptors (Lipinski definition) is 3. The lowest BCUT2D eigenvalue weighted by Crippen LogP contribution is -2.37. The molecule has 3 heteroatoms. The Bertz CT molecular complexity index is 305. The van der Waals surface area contributed by atoms with E-state index >= 15 is 0 Å². The van der Waals surface area contributed by atoms with Gasteiger partial charge in [-0.05, 0) is 32.3 Å². The van der Waals surface area contributed by atoms with E-state index in [-0.39, 0.29) is 6.04 Å². The van der Waals surface area contributed by atoms with Gasteiger partial charge in [0.1, 0.15) is 0 Å². The molecule has 0 aromatic heterocycles. The summed E-state index contributed by atoms with van der Waals surface area (Å²) in [4.78, 5) is 0. The minimum atomic E-state index is 0.279. The second-order valence-corrected chi connectivity index (χ2v) is 4.35. The highest BCUT2D eigenvalue weighted by Gasteiger charge is 2.07. The molecule has 0 amide bonds. The van der Waals surface area contributed by atoms with Crippen molar-refractivity contribution in [3.63, 3.8) is 0 Å². The number of nitrogens with two attached hydrogens (primary N) is 1. The summed E-state index contributed by atoms with van der Waals surface area (Å²) in [5.41, 5.74) is 6.78. The number of ether oxygens (including phenoxy) is 1. The van der Waals surface area contributed by atoms with Crippen LogP contribution in [0.5, 0.6) is 0 Å². The highest BCUT2D eigenvalue weighted by molar-refractivity contribution is 5.29. The van der Waals surface area contributed by atoms with Gasteiger partial charge in [0.05, 0.1) is 0 Å². The zero-order valence-electron chi connectivity index (χ0n) is 10.4. The first-order chi connectivity index (χ1) is 7.65. The maximum absolute atomic E-state index is 5.53. The number of hydrogen-bond donors (Lipinski definition) is 2. The average Bonchev–Trinajstić information content (AvgIpc) is 2.22. The molecule has 1 rings (SSSR count). The molecular weight excluding hydrogens is 200 g/mol. The van der Waals surface area contributed by atoms with E-state index in [2.05, 4.69) is 37.5 Å². The van der Waals surface area contributed by atoms with Gasteiger partial charge in [-0.3, -0.25) is 11.3 Å². The van der Waals surface area contributed by atoms with Crippen LogP contribution >= 0.6 is 0 Å². The van der Waals surface area contributed by atoms with Crippen LogP contribution in [0.15, 0.2) is 18.2 Å². The molecule has 1 unspecified atom stereocenters. The highest BCUT2D eigenvalue weighted by Crippen LogP contribution is 2.11. The van der Waals surface area contributed by atoms with Crippen molar-refractivity contribution < 1.29 is 4.74 Å². The predicted molar refractivity (Wildman–Crippen MR) is 67.2 cm³/mol. The van der Waals surface area contributed by atoms with Crippen LogP contribution in [0.4, 0.5) is 0 Å². The van der Waals surface area contributed by atoms with Crippen molar-refractivity contribution in [1.82, 2.24) is 5.43 Å². The fraction of sp³-hybridized carbons (Fsp3) is 0.538. The first-order valence-corrected chi connectivity index (χ1v) is 5.68. The third-order valence-corrected chi connectivity index (χ3v) is 2.67. The van der Waals surface area contributed by atoms with Crippen LogP contribution in [0.2, 0.25) is 0 Å². The third-order valence-electron chi connectivity index (χ3n) is 2.67. The number of aryl methyl sites for hydroxylation is 2. The van der Waals surface area contributed by atoms with Crippen LogP contribution in [0.25, 0.3) is 0 Å². The summed E-state index contributed by atoms with van der Waals surface area (Å²) in [5, 5.41) is 0. The molecule has 1 aromatic rings. The minimum absolute atomic E-state index is 0.279. The van der Waals surface area contributed by atoms with E-state index in [4.69, 9.17) is 10.6 Å². The van der Waals surface area contributed by atoms with E-state index in [1.54, 1.807) is 7.11 Å². The highest BCUT2D eigenvalue weighted by atomic mass is 16.5. The van der Waals surface area contributed by atoms with Crippen molar-refractivity contribution in [1.29, 1.82) is 0 Å². The van der Waals surface area contributed by atoms with Gasteiger partial charge >= 0.3 is 0 Å². The van der Waals surface area contributed by atoms with Crippen LogP contribution in [-0.4, -0.2) is 19.8 Å². The van der Waals surface area contributed by atoms with Crippen LogP contribution < -0.4 is 11.3 Å². The van der Waals surface area contributed by atoms with E-state index in [0.29, 0.717) is 0 Å². The van der Waals surface area contributed by atoms with Gasteiger partial charge in [-0.25, -0.2) is 0 Å². The van der Waals surface area contributed by atoms with E-state index in [0.717, 1.165) is 19.4 Å². The lowest BCUT2D eigenvalue weighted by Gasteiger charge is -2.16. The Labute approximate surface area is 98.0 Å². The molecule has 0 fully saturated rings. The number of nitrogens with one attached hydrogen (secondary N) is 1. The molecule has 0 radical (unpaired) electrons. The number of rotatable bonds is 6. The first kappa shape index (κ1) is 13.2. The molecule has 90 valence electrons. The summed E-state index contributed by atoms with van der Waals surface area (Å²) in [6, 6.07) is 6.89. The molecule has 0 heterocycles. The fourth-order valence-corrected chi connectivity index (χ4v) is 1.98. The summed E-state index contributed by atoms with van der Waals surface area (Å²) >= 11 is 0. The normalized spacial score (nSPS) is 12.8. The van der Waals surface area contributed by atoms with Gasteiger partial charge in [-0.1, -0.05) is 29.3 Å². The average molecular weight is 222 g/mol. The molecule has 0 aliphatic rings. The molecule has 0 aliphatic heterocycles. The second kappa shape index (κ2) is 6.63. The monoisotopic (exact) mass is 222 g/mol. The zero-order chi connectivity index (χ0) is 12.0. The maximum Gasteiger partial charge on any atom is 0.0477 e. The molecule has 3 N–H and O–H groups in total. The van der Waals surface area contributed by atoms with Crippen molar-refractivity contribution in [3.05, 3.63) is 34.9 Å². The summed E-state index contributed by atoms with van der Waals surface area (Å²) < 4.78 is 5.06. The Hall–Kier alpha value is -0.900. The van der Waals surface area contributed by atoms with Gasteiger partial charge in [0.2, 0.25) is 0 Å². The van der Waals surface area contributed by atoms with Crippen LogP contribution in [0.1, 0.15) is 23.1 Å². The van der Waals surface area contributed by atoms with E-state index in [1.807, 2.05) is 0 Å². The van der Waals surface area contributed by atoms with Gasteiger partial charge < -0.3 is 4.74 Å². The Kier molecular flexibility index (Phi) is 5.46. The van der Waals surface area contributed by atoms with Crippen molar-refractivity contribution in [2.45, 2.75) is 32.7 Å². The molecule has 0 spiro atoms. The van der Waals surface area contributed by atoms with Crippen LogP contribution in [-0.2, 0) is 11.2 Å². The molecule has 1 aromatic carbocycles. The number of methoxy groups -OCH3 is 1. The van der Waals surface area contributed by atoms with Crippen molar-refractivity contribution >= 4 is 0 Å². The lowest BCUT2D eigenvalue weighted by molar-refractivity contribution is 0.182. The Balaban J connectivity index is 2.62. The predicted octanol–water partition coefficient (Wildman–Crippen LogP) is 1.71. The molecular formula is C13H22N2O. The van der Waals surface area contributed by atoms with Gasteiger partial charge in [0.25, 0.3) is 0 Å². The summed E-state index contributed by atoms with van der Waals surface area (Å²) in [6.45, 7) is 4.98. The van der Waals surface area contributed by atoms with Gasteiger partial charge in [-0.15, -0.1) is 0 Å². The molecule has 0 saturated heterocycles. The smallest absolute Gasteiger partial charge is 0.0477 e. The fourth-order valence-electron chi connectivity index (χ4n) is 1.98. The zero-order valence-corrected chi connectivity index (χ0v) is 10.4. The number of hydrazine groups is 1. The Morgan fingerprint density at radius 1 is 1.25 bits per heavy atom. The standard InChI is InChI=1S/C13H22N2O/c1-10-6-11(2)8-12(7-10)9-13(15-14)4-5-16-3/h6-8,13,15H,4-5,9,14H2,1-3H3. The molecule has 16 heavy (non-hydrogen) atoms. The molecule has 3 nitrogen and oxygen atoms in total. The van der Waals surface area contributed by atoms with Gasteiger partial charge in [0.15, 0.2) is 0 Å². The molecule has 1 atom stereocenters. The Morgan fingerprint density at radius 3 is 2.38 bits per heavy atom. The van der Waals surface area contributed by atoms with E-state index in [1.165, 1.54) is 16.7 Å². The third kappa shape index (κ3) is 4.31. The second-order valence-electron chi connectivity index (χ2n) is 4.35. The summed E-state index contributed by atoms with van der Waals surface area (Å²) in [5.74, 6) is 5.53. The molecule has 0 saturated carbocycles. The SMILES string of the molecule is COCCC(Cc1cc(C)cc(C)c1)NN. The van der Waals surface area contributed by atoms with Gasteiger partial charge in [-0.2, -0.15) is 0 Å². The number of benzene rings is 1. The minimum Gasteiger partial charge on any atom is -0.385 e. The topological polar surface area (TPSA) is 47.3 Å². The van der Waals surface area contributed by atoms with Crippen molar-refractivity contribution in [3.8, 4) is 0 Å². The van der Waals surface area contributed by atoms with Crippen molar-refractivity contribution in [2.75, 3.05) is 13.7 Å². The van der Waals surface area contributed by atoms with Crippen LogP contribution in [0, 0.1) is 13.8 Å². The maximum atomic E-state index is 5.53. The first-order valence-electron chi connectivity index (χ1n) is 5.68. The van der Waals surface area contributed by atoms with Crippen LogP contribution in [0.3, 0.4) is 0 Å². The lowest BCUT2D eigenvalue weighted by atomic mass is 10.00. The summed E-state index contributed by atoms with van der Waals surface area (Å²) in [7, 11) is 1.71. The Morgan fingerprint density at radius 2 is 1.88 bits per heavy atom. The largest absolute Gasteiger partial charge is 0.385 e. The molecule has 0 bridgehead atoms. The van der Waals surface area contributed by atoms with E-state index < -0.39 is 0 Å². The van der Waals surface area contributed by atoms with Gasteiger partial charge in [0, 0.05) is 19.8 Å².